The molecule has 1 heterocycles. The molecular formula is C13H28N2O. The van der Waals surface area contributed by atoms with Crippen LogP contribution in [0.25, 0.3) is 0 Å². The van der Waals surface area contributed by atoms with Gasteiger partial charge in [0.25, 0.3) is 0 Å². The minimum Gasteiger partial charge on any atom is -0.376 e. The number of hydrogen-bond donors (Lipinski definition) is 1. The number of nitrogens with zero attached hydrogens (tertiary/aromatic N) is 1. The van der Waals surface area contributed by atoms with Gasteiger partial charge >= 0.3 is 0 Å². The molecule has 1 saturated heterocycles. The summed E-state index contributed by atoms with van der Waals surface area (Å²) in [5.41, 5.74) is 0. The summed E-state index contributed by atoms with van der Waals surface area (Å²) in [7, 11) is 0. The monoisotopic (exact) mass is 228 g/mol. The molecule has 1 aliphatic heterocycles. The van der Waals surface area contributed by atoms with Crippen molar-refractivity contribution in [3.8, 4) is 0 Å². The van der Waals surface area contributed by atoms with E-state index in [1.165, 1.54) is 32.4 Å². The normalized spacial score (nSPS) is 22.5. The summed E-state index contributed by atoms with van der Waals surface area (Å²) in [6.45, 7) is 11.1. The third-order valence-electron chi connectivity index (χ3n) is 3.24. The molecule has 96 valence electrons. The highest BCUT2D eigenvalue weighted by atomic mass is 16.5. The molecule has 3 nitrogen and oxygen atoms in total. The van der Waals surface area contributed by atoms with Crippen LogP contribution in [0.5, 0.6) is 0 Å². The molecule has 0 aliphatic carbocycles. The maximum absolute atomic E-state index is 5.65. The highest BCUT2D eigenvalue weighted by molar-refractivity contribution is 4.70. The SMILES string of the molecule is CCCCCNCCN1CCOC(CC)C1. The predicted octanol–water partition coefficient (Wildman–Crippen LogP) is 1.88. The third kappa shape index (κ3) is 5.83. The van der Waals surface area contributed by atoms with E-state index >= 15 is 0 Å². The fourth-order valence-electron chi connectivity index (χ4n) is 2.09. The Morgan fingerprint density at radius 1 is 1.25 bits per heavy atom. The molecule has 1 aliphatic rings. The average Bonchev–Trinajstić information content (AvgIpc) is 2.34. The summed E-state index contributed by atoms with van der Waals surface area (Å²) < 4.78 is 5.65. The summed E-state index contributed by atoms with van der Waals surface area (Å²) >= 11 is 0. The maximum Gasteiger partial charge on any atom is 0.0700 e. The van der Waals surface area contributed by atoms with Gasteiger partial charge in [0.2, 0.25) is 0 Å². The molecule has 0 bridgehead atoms. The predicted molar refractivity (Wildman–Crippen MR) is 68.9 cm³/mol. The first-order valence-electron chi connectivity index (χ1n) is 6.91. The summed E-state index contributed by atoms with van der Waals surface area (Å²) in [5.74, 6) is 0. The van der Waals surface area contributed by atoms with Crippen LogP contribution < -0.4 is 5.32 Å². The summed E-state index contributed by atoms with van der Waals surface area (Å²) in [6, 6.07) is 0. The van der Waals surface area contributed by atoms with Gasteiger partial charge in [0, 0.05) is 26.2 Å². The van der Waals surface area contributed by atoms with E-state index in [-0.39, 0.29) is 0 Å². The molecule has 16 heavy (non-hydrogen) atoms. The molecule has 1 fully saturated rings. The Bertz CT molecular complexity index is 164. The van der Waals surface area contributed by atoms with E-state index in [0.29, 0.717) is 6.10 Å². The second-order valence-corrected chi connectivity index (χ2v) is 4.66. The van der Waals surface area contributed by atoms with Crippen molar-refractivity contribution in [2.45, 2.75) is 45.6 Å². The Morgan fingerprint density at radius 3 is 2.88 bits per heavy atom. The third-order valence-corrected chi connectivity index (χ3v) is 3.24. The van der Waals surface area contributed by atoms with Crippen LogP contribution in [-0.2, 0) is 4.74 Å². The standard InChI is InChI=1S/C13H28N2O/c1-3-5-6-7-14-8-9-15-10-11-16-13(4-2)12-15/h13-14H,3-12H2,1-2H3. The molecule has 3 heteroatoms. The van der Waals surface area contributed by atoms with Crippen LogP contribution >= 0.6 is 0 Å². The highest BCUT2D eigenvalue weighted by Crippen LogP contribution is 2.07. The summed E-state index contributed by atoms with van der Waals surface area (Å²) in [5, 5.41) is 3.52. The van der Waals surface area contributed by atoms with Gasteiger partial charge in [0.05, 0.1) is 12.7 Å². The Balaban J connectivity index is 1.95. The van der Waals surface area contributed by atoms with Gasteiger partial charge in [-0.2, -0.15) is 0 Å². The Kier molecular flexibility index (Phi) is 7.81. The molecule has 0 aromatic heterocycles. The zero-order chi connectivity index (χ0) is 11.6. The molecule has 0 radical (unpaired) electrons. The van der Waals surface area contributed by atoms with Crippen molar-refractivity contribution < 1.29 is 4.74 Å². The smallest absolute Gasteiger partial charge is 0.0700 e. The zero-order valence-corrected chi connectivity index (χ0v) is 11.0. The molecule has 0 aromatic carbocycles. The number of unbranched alkanes of at least 4 members (excludes halogenated alkanes) is 2. The van der Waals surface area contributed by atoms with Crippen LogP contribution in [0.4, 0.5) is 0 Å². The van der Waals surface area contributed by atoms with Crippen LogP contribution in [0, 0.1) is 0 Å². The topological polar surface area (TPSA) is 24.5 Å². The molecule has 1 unspecified atom stereocenters. The van der Waals surface area contributed by atoms with E-state index in [1.54, 1.807) is 0 Å². The van der Waals surface area contributed by atoms with Crippen molar-refractivity contribution in [3.63, 3.8) is 0 Å². The van der Waals surface area contributed by atoms with Gasteiger partial charge in [-0.05, 0) is 19.4 Å². The molecule has 1 N–H and O–H groups in total. The molecule has 0 amide bonds. The van der Waals surface area contributed by atoms with Crippen molar-refractivity contribution in [3.05, 3.63) is 0 Å². The molecular weight excluding hydrogens is 200 g/mol. The van der Waals surface area contributed by atoms with E-state index in [0.717, 1.165) is 32.7 Å². The molecule has 0 spiro atoms. The van der Waals surface area contributed by atoms with Crippen molar-refractivity contribution in [1.29, 1.82) is 0 Å². The first kappa shape index (κ1) is 13.9. The van der Waals surface area contributed by atoms with E-state index < -0.39 is 0 Å². The Hall–Kier alpha value is -0.120. The summed E-state index contributed by atoms with van der Waals surface area (Å²) in [4.78, 5) is 2.52. The van der Waals surface area contributed by atoms with Crippen molar-refractivity contribution in [2.24, 2.45) is 0 Å². The van der Waals surface area contributed by atoms with Gasteiger partial charge in [-0.15, -0.1) is 0 Å². The second kappa shape index (κ2) is 8.97. The largest absolute Gasteiger partial charge is 0.376 e. The van der Waals surface area contributed by atoms with Crippen LogP contribution in [0.3, 0.4) is 0 Å². The number of morpholine rings is 1. The van der Waals surface area contributed by atoms with Crippen molar-refractivity contribution in [1.82, 2.24) is 10.2 Å². The molecule has 0 saturated carbocycles. The Labute approximate surface area is 101 Å². The van der Waals surface area contributed by atoms with Gasteiger partial charge < -0.3 is 10.1 Å². The van der Waals surface area contributed by atoms with Crippen LogP contribution in [-0.4, -0.2) is 50.3 Å². The quantitative estimate of drug-likeness (QED) is 0.642. The van der Waals surface area contributed by atoms with Crippen LogP contribution in [0.15, 0.2) is 0 Å². The van der Waals surface area contributed by atoms with Crippen molar-refractivity contribution >= 4 is 0 Å². The lowest BCUT2D eigenvalue weighted by molar-refractivity contribution is -0.0290. The van der Waals surface area contributed by atoms with Crippen LogP contribution in [0.2, 0.25) is 0 Å². The minimum absolute atomic E-state index is 0.467. The second-order valence-electron chi connectivity index (χ2n) is 4.66. The van der Waals surface area contributed by atoms with Gasteiger partial charge in [-0.25, -0.2) is 0 Å². The minimum atomic E-state index is 0.467. The molecule has 0 aromatic rings. The van der Waals surface area contributed by atoms with Gasteiger partial charge in [-0.3, -0.25) is 4.90 Å². The summed E-state index contributed by atoms with van der Waals surface area (Å²) in [6.07, 6.45) is 5.58. The van der Waals surface area contributed by atoms with E-state index in [2.05, 4.69) is 24.1 Å². The lowest BCUT2D eigenvalue weighted by Crippen LogP contribution is -2.44. The van der Waals surface area contributed by atoms with E-state index in [1.807, 2.05) is 0 Å². The number of nitrogens with one attached hydrogen (secondary N) is 1. The van der Waals surface area contributed by atoms with E-state index in [9.17, 15) is 0 Å². The first-order chi connectivity index (χ1) is 7.86. The average molecular weight is 228 g/mol. The maximum atomic E-state index is 5.65. The molecule has 1 rings (SSSR count). The number of rotatable bonds is 8. The highest BCUT2D eigenvalue weighted by Gasteiger charge is 2.17. The van der Waals surface area contributed by atoms with Gasteiger partial charge in [0.1, 0.15) is 0 Å². The van der Waals surface area contributed by atoms with Crippen LogP contribution in [0.1, 0.15) is 39.5 Å². The first-order valence-corrected chi connectivity index (χ1v) is 6.91. The lowest BCUT2D eigenvalue weighted by Gasteiger charge is -2.32. The number of hydrogen-bond acceptors (Lipinski definition) is 3. The lowest BCUT2D eigenvalue weighted by atomic mass is 10.2. The zero-order valence-electron chi connectivity index (χ0n) is 11.0. The van der Waals surface area contributed by atoms with Gasteiger partial charge in [0.15, 0.2) is 0 Å². The fourth-order valence-corrected chi connectivity index (χ4v) is 2.09. The number of ether oxygens (including phenoxy) is 1. The van der Waals surface area contributed by atoms with Gasteiger partial charge in [-0.1, -0.05) is 26.7 Å². The van der Waals surface area contributed by atoms with Crippen molar-refractivity contribution in [2.75, 3.05) is 39.3 Å². The Morgan fingerprint density at radius 2 is 2.12 bits per heavy atom. The fraction of sp³-hybridized carbons (Fsp3) is 1.00. The van der Waals surface area contributed by atoms with E-state index in [4.69, 9.17) is 4.74 Å². The molecule has 1 atom stereocenters.